The molecule has 1 saturated carbocycles. The van der Waals surface area contributed by atoms with Gasteiger partial charge in [-0.05, 0) is 18.9 Å². The number of rotatable bonds is 2. The van der Waals surface area contributed by atoms with Gasteiger partial charge in [0.15, 0.2) is 11.6 Å². The average molecular weight is 235 g/mol. The quantitative estimate of drug-likeness (QED) is 0.797. The first-order chi connectivity index (χ1) is 6.99. The van der Waals surface area contributed by atoms with Crippen molar-refractivity contribution >= 4 is 11.6 Å². The number of hydrogen-bond acceptors (Lipinski definition) is 2. The molecule has 82 valence electrons. The van der Waals surface area contributed by atoms with Gasteiger partial charge in [-0.1, -0.05) is 11.6 Å². The average Bonchev–Trinajstić information content (AvgIpc) is 2.92. The highest BCUT2D eigenvalue weighted by Gasteiger charge is 2.45. The van der Waals surface area contributed by atoms with Crippen molar-refractivity contribution in [3.8, 4) is 5.75 Å². The van der Waals surface area contributed by atoms with Crippen LogP contribution in [-0.2, 0) is 5.60 Å². The van der Waals surface area contributed by atoms with Crippen LogP contribution in [0, 0.1) is 11.6 Å². The van der Waals surface area contributed by atoms with Crippen LogP contribution in [0.3, 0.4) is 0 Å². The molecule has 0 radical (unpaired) electrons. The molecular formula is C10H9ClF2O2. The van der Waals surface area contributed by atoms with E-state index < -0.39 is 17.2 Å². The van der Waals surface area contributed by atoms with Gasteiger partial charge in [-0.2, -0.15) is 4.39 Å². The largest absolute Gasteiger partial charge is 0.492 e. The van der Waals surface area contributed by atoms with Gasteiger partial charge in [0.05, 0.1) is 17.7 Å². The van der Waals surface area contributed by atoms with E-state index in [-0.39, 0.29) is 16.3 Å². The van der Waals surface area contributed by atoms with Gasteiger partial charge in [0.1, 0.15) is 0 Å². The lowest BCUT2D eigenvalue weighted by Crippen LogP contribution is -2.10. The van der Waals surface area contributed by atoms with Crippen LogP contribution in [0.15, 0.2) is 6.07 Å². The van der Waals surface area contributed by atoms with Crippen molar-refractivity contribution in [2.45, 2.75) is 18.4 Å². The Bertz CT molecular complexity index is 416. The highest BCUT2D eigenvalue weighted by molar-refractivity contribution is 6.32. The molecule has 0 saturated heterocycles. The maximum Gasteiger partial charge on any atom is 0.202 e. The number of methoxy groups -OCH3 is 1. The number of hydrogen-bond donors (Lipinski definition) is 1. The van der Waals surface area contributed by atoms with E-state index >= 15 is 0 Å². The molecule has 0 aromatic heterocycles. The van der Waals surface area contributed by atoms with Crippen LogP contribution in [0.25, 0.3) is 0 Å². The zero-order valence-corrected chi connectivity index (χ0v) is 8.74. The predicted molar refractivity (Wildman–Crippen MR) is 51.1 cm³/mol. The molecule has 1 aromatic carbocycles. The molecule has 5 heteroatoms. The molecular weight excluding hydrogens is 226 g/mol. The lowest BCUT2D eigenvalue weighted by atomic mass is 10.1. The van der Waals surface area contributed by atoms with Gasteiger partial charge in [-0.15, -0.1) is 0 Å². The van der Waals surface area contributed by atoms with E-state index in [1.165, 1.54) is 13.2 Å². The van der Waals surface area contributed by atoms with Gasteiger partial charge in [-0.25, -0.2) is 4.39 Å². The third-order valence-electron chi connectivity index (χ3n) is 2.55. The lowest BCUT2D eigenvalue weighted by Gasteiger charge is -2.13. The van der Waals surface area contributed by atoms with E-state index in [0.717, 1.165) is 0 Å². The van der Waals surface area contributed by atoms with Crippen molar-refractivity contribution in [3.63, 3.8) is 0 Å². The summed E-state index contributed by atoms with van der Waals surface area (Å²) in [6.45, 7) is 0. The molecule has 15 heavy (non-hydrogen) atoms. The summed E-state index contributed by atoms with van der Waals surface area (Å²) in [5, 5.41) is 9.65. The summed E-state index contributed by atoms with van der Waals surface area (Å²) in [6.07, 6.45) is 0.845. The zero-order valence-electron chi connectivity index (χ0n) is 7.98. The Labute approximate surface area is 90.4 Å². The van der Waals surface area contributed by atoms with E-state index in [1.807, 2.05) is 0 Å². The van der Waals surface area contributed by atoms with Gasteiger partial charge >= 0.3 is 0 Å². The minimum atomic E-state index is -1.25. The number of halogens is 3. The number of ether oxygens (including phenoxy) is 1. The third-order valence-corrected chi connectivity index (χ3v) is 2.83. The molecule has 0 spiro atoms. The van der Waals surface area contributed by atoms with Crippen LogP contribution >= 0.6 is 11.6 Å². The predicted octanol–water partition coefficient (Wildman–Crippen LogP) is 2.61. The Morgan fingerprint density at radius 2 is 2.00 bits per heavy atom. The lowest BCUT2D eigenvalue weighted by molar-refractivity contribution is 0.145. The fraction of sp³-hybridized carbons (Fsp3) is 0.400. The molecule has 1 N–H and O–H groups in total. The zero-order chi connectivity index (χ0) is 11.2. The first-order valence-corrected chi connectivity index (χ1v) is 4.82. The van der Waals surface area contributed by atoms with Gasteiger partial charge in [0, 0.05) is 5.56 Å². The van der Waals surface area contributed by atoms with Gasteiger partial charge in [0.2, 0.25) is 5.82 Å². The normalized spacial score (nSPS) is 17.7. The second kappa shape index (κ2) is 3.32. The summed E-state index contributed by atoms with van der Waals surface area (Å²) in [4.78, 5) is 0. The van der Waals surface area contributed by atoms with E-state index in [1.54, 1.807) is 0 Å². The maximum absolute atomic E-state index is 13.5. The van der Waals surface area contributed by atoms with Gasteiger partial charge < -0.3 is 9.84 Å². The van der Waals surface area contributed by atoms with E-state index in [2.05, 4.69) is 4.74 Å². The van der Waals surface area contributed by atoms with Crippen molar-refractivity contribution in [2.24, 2.45) is 0 Å². The fourth-order valence-corrected chi connectivity index (χ4v) is 1.76. The summed E-state index contributed by atoms with van der Waals surface area (Å²) in [6, 6.07) is 1.21. The summed E-state index contributed by atoms with van der Waals surface area (Å²) in [5.74, 6) is -2.57. The highest BCUT2D eigenvalue weighted by Crippen LogP contribution is 2.48. The molecule has 0 amide bonds. The summed E-state index contributed by atoms with van der Waals surface area (Å²) in [5.41, 5.74) is -1.34. The first-order valence-electron chi connectivity index (χ1n) is 4.44. The molecule has 0 unspecified atom stereocenters. The second-order valence-corrected chi connectivity index (χ2v) is 4.01. The maximum atomic E-state index is 13.5. The highest BCUT2D eigenvalue weighted by atomic mass is 35.5. The molecule has 1 fully saturated rings. The second-order valence-electron chi connectivity index (χ2n) is 3.60. The Balaban J connectivity index is 2.59. The summed E-state index contributed by atoms with van der Waals surface area (Å²) in [7, 11) is 1.20. The SMILES string of the molecule is COc1c(Cl)cc(C2(O)CC2)c(F)c1F. The fourth-order valence-electron chi connectivity index (χ4n) is 1.49. The van der Waals surface area contributed by atoms with Crippen LogP contribution in [0.4, 0.5) is 8.78 Å². The number of benzene rings is 1. The minimum absolute atomic E-state index is 0.0354. The van der Waals surface area contributed by atoms with Crippen LogP contribution in [0.1, 0.15) is 18.4 Å². The molecule has 1 aliphatic carbocycles. The molecule has 2 rings (SSSR count). The van der Waals surface area contributed by atoms with Gasteiger partial charge in [-0.3, -0.25) is 0 Å². The van der Waals surface area contributed by atoms with E-state index in [9.17, 15) is 13.9 Å². The van der Waals surface area contributed by atoms with Crippen molar-refractivity contribution in [1.29, 1.82) is 0 Å². The molecule has 0 aliphatic heterocycles. The summed E-state index contributed by atoms with van der Waals surface area (Å²) < 4.78 is 31.5. The first kappa shape index (κ1) is 10.6. The molecule has 0 heterocycles. The van der Waals surface area contributed by atoms with Crippen molar-refractivity contribution in [1.82, 2.24) is 0 Å². The Morgan fingerprint density at radius 1 is 1.40 bits per heavy atom. The standard InChI is InChI=1S/C10H9ClF2O2/c1-15-9-6(11)4-5(7(12)8(9)13)10(14)2-3-10/h4,14H,2-3H2,1H3. The van der Waals surface area contributed by atoms with Crippen molar-refractivity contribution in [3.05, 3.63) is 28.3 Å². The minimum Gasteiger partial charge on any atom is -0.492 e. The number of aliphatic hydroxyl groups is 1. The molecule has 2 nitrogen and oxygen atoms in total. The Hall–Kier alpha value is -0.870. The topological polar surface area (TPSA) is 29.5 Å². The third kappa shape index (κ3) is 1.58. The monoisotopic (exact) mass is 234 g/mol. The van der Waals surface area contributed by atoms with Gasteiger partial charge in [0.25, 0.3) is 0 Å². The van der Waals surface area contributed by atoms with Crippen LogP contribution < -0.4 is 4.74 Å². The van der Waals surface area contributed by atoms with Crippen LogP contribution in [-0.4, -0.2) is 12.2 Å². The molecule has 1 aromatic rings. The van der Waals surface area contributed by atoms with Crippen LogP contribution in [0.5, 0.6) is 5.75 Å². The van der Waals surface area contributed by atoms with Crippen molar-refractivity contribution < 1.29 is 18.6 Å². The molecule has 0 bridgehead atoms. The van der Waals surface area contributed by atoms with Crippen molar-refractivity contribution in [2.75, 3.05) is 7.11 Å². The smallest absolute Gasteiger partial charge is 0.202 e. The van der Waals surface area contributed by atoms with E-state index in [4.69, 9.17) is 11.6 Å². The van der Waals surface area contributed by atoms with Crippen LogP contribution in [0.2, 0.25) is 5.02 Å². The van der Waals surface area contributed by atoms with E-state index in [0.29, 0.717) is 12.8 Å². The molecule has 1 aliphatic rings. The summed E-state index contributed by atoms with van der Waals surface area (Å²) >= 11 is 5.70. The Morgan fingerprint density at radius 3 is 2.47 bits per heavy atom. The molecule has 0 atom stereocenters. The Kier molecular flexibility index (Phi) is 2.35.